The van der Waals surface area contributed by atoms with Gasteiger partial charge in [0.15, 0.2) is 0 Å². The fourth-order valence-electron chi connectivity index (χ4n) is 4.62. The highest BCUT2D eigenvalue weighted by Gasteiger charge is 2.26. The fraction of sp³-hybridized carbons (Fsp3) is 0.360. The van der Waals surface area contributed by atoms with Crippen LogP contribution in [0, 0.1) is 0 Å². The Balaban J connectivity index is 1.52. The Labute approximate surface area is 178 Å². The number of nitrogens with zero attached hydrogens (tertiary/aromatic N) is 4. The molecule has 3 aliphatic rings. The number of hydrogen-bond acceptors (Lipinski definition) is 5. The molecule has 2 atom stereocenters. The Hall–Kier alpha value is -2.92. The second-order valence-electron chi connectivity index (χ2n) is 8.29. The minimum atomic E-state index is 0.564. The molecule has 0 saturated carbocycles. The normalized spacial score (nSPS) is 21.0. The van der Waals surface area contributed by atoms with Gasteiger partial charge in [-0.1, -0.05) is 37.3 Å². The molecule has 2 unspecified atom stereocenters. The number of benzene rings is 2. The fourth-order valence-corrected chi connectivity index (χ4v) is 4.62. The van der Waals surface area contributed by atoms with E-state index >= 15 is 0 Å². The van der Waals surface area contributed by atoms with E-state index < -0.39 is 0 Å². The van der Waals surface area contributed by atoms with Crippen molar-refractivity contribution in [1.82, 2.24) is 14.9 Å². The molecule has 30 heavy (non-hydrogen) atoms. The van der Waals surface area contributed by atoms with Gasteiger partial charge in [-0.05, 0) is 48.2 Å². The summed E-state index contributed by atoms with van der Waals surface area (Å²) in [6, 6.07) is 20.4. The van der Waals surface area contributed by atoms with E-state index in [1.165, 1.54) is 16.8 Å². The first-order chi connectivity index (χ1) is 14.8. The third-order valence-electron chi connectivity index (χ3n) is 6.31. The summed E-state index contributed by atoms with van der Waals surface area (Å²) in [7, 11) is 0. The lowest BCUT2D eigenvalue weighted by Gasteiger charge is -2.42. The molecule has 1 fully saturated rings. The third-order valence-corrected chi connectivity index (χ3v) is 6.31. The van der Waals surface area contributed by atoms with Crippen LogP contribution in [0.5, 0.6) is 0 Å². The summed E-state index contributed by atoms with van der Waals surface area (Å²) in [6.45, 7) is 7.36. The lowest BCUT2D eigenvalue weighted by molar-refractivity contribution is 0.164. The zero-order valence-electron chi connectivity index (χ0n) is 17.6. The second-order valence-corrected chi connectivity index (χ2v) is 8.29. The highest BCUT2D eigenvalue weighted by Crippen LogP contribution is 2.25. The molecule has 0 radical (unpaired) electrons. The van der Waals surface area contributed by atoms with Gasteiger partial charge in [0.05, 0.1) is 5.69 Å². The molecule has 5 heteroatoms. The van der Waals surface area contributed by atoms with Gasteiger partial charge in [-0.15, -0.1) is 0 Å². The maximum atomic E-state index is 4.76. The van der Waals surface area contributed by atoms with E-state index in [-0.39, 0.29) is 0 Å². The quantitative estimate of drug-likeness (QED) is 0.664. The number of piperazine rings is 1. The number of rotatable bonds is 1. The van der Waals surface area contributed by atoms with E-state index in [1.807, 2.05) is 12.3 Å². The summed E-state index contributed by atoms with van der Waals surface area (Å²) in [4.78, 5) is 14.4. The second kappa shape index (κ2) is 8.44. The van der Waals surface area contributed by atoms with Crippen molar-refractivity contribution < 1.29 is 0 Å². The maximum Gasteiger partial charge on any atom is 0.223 e. The van der Waals surface area contributed by atoms with Gasteiger partial charge in [0, 0.05) is 56.2 Å². The zero-order valence-corrected chi connectivity index (χ0v) is 17.6. The van der Waals surface area contributed by atoms with E-state index in [0.29, 0.717) is 12.0 Å². The molecular weight excluding hydrogens is 370 g/mol. The van der Waals surface area contributed by atoms with Crippen molar-refractivity contribution in [3.63, 3.8) is 0 Å². The van der Waals surface area contributed by atoms with Crippen LogP contribution in [0.3, 0.4) is 0 Å². The molecule has 6 rings (SSSR count). The van der Waals surface area contributed by atoms with E-state index in [1.54, 1.807) is 0 Å². The highest BCUT2D eigenvalue weighted by molar-refractivity contribution is 5.61. The molecule has 3 aromatic rings. The Bertz CT molecular complexity index is 1020. The molecule has 4 heterocycles. The van der Waals surface area contributed by atoms with Crippen molar-refractivity contribution in [2.45, 2.75) is 32.4 Å². The van der Waals surface area contributed by atoms with Crippen molar-refractivity contribution in [3.05, 3.63) is 71.9 Å². The molecule has 0 aliphatic carbocycles. The predicted octanol–water partition coefficient (Wildman–Crippen LogP) is 4.21. The Morgan fingerprint density at radius 3 is 2.87 bits per heavy atom. The van der Waals surface area contributed by atoms with Crippen LogP contribution in [-0.4, -0.2) is 47.1 Å². The Kier molecular flexibility index (Phi) is 5.37. The minimum Gasteiger partial charge on any atom is -0.369 e. The van der Waals surface area contributed by atoms with Gasteiger partial charge in [0.2, 0.25) is 5.95 Å². The topological polar surface area (TPSA) is 44.3 Å². The first-order valence-electron chi connectivity index (χ1n) is 11.0. The lowest BCUT2D eigenvalue weighted by Crippen LogP contribution is -2.52. The van der Waals surface area contributed by atoms with Crippen molar-refractivity contribution in [2.24, 2.45) is 0 Å². The molecule has 1 saturated heterocycles. The number of aromatic nitrogens is 2. The summed E-state index contributed by atoms with van der Waals surface area (Å²) >= 11 is 0. The molecule has 1 aromatic heterocycles. The molecule has 1 N–H and O–H groups in total. The Morgan fingerprint density at radius 2 is 1.93 bits per heavy atom. The van der Waals surface area contributed by atoms with Crippen LogP contribution in [0.25, 0.3) is 11.3 Å². The summed E-state index contributed by atoms with van der Waals surface area (Å²) in [5.74, 6) is 0.692. The van der Waals surface area contributed by atoms with Crippen LogP contribution >= 0.6 is 0 Å². The van der Waals surface area contributed by atoms with E-state index in [4.69, 9.17) is 4.98 Å². The number of anilines is 2. The molecule has 5 nitrogen and oxygen atoms in total. The SMILES string of the molecule is CCC1CN2CCN1Cc1cccc(c1)-c1ccnc(n1)NCCc1cccc2c1. The molecule has 8 bridgehead atoms. The van der Waals surface area contributed by atoms with Gasteiger partial charge in [0.1, 0.15) is 0 Å². The van der Waals surface area contributed by atoms with E-state index in [9.17, 15) is 0 Å². The highest BCUT2D eigenvalue weighted by atomic mass is 15.3. The van der Waals surface area contributed by atoms with Crippen LogP contribution in [-0.2, 0) is 13.0 Å². The summed E-state index contributed by atoms with van der Waals surface area (Å²) in [5.41, 5.74) is 6.16. The van der Waals surface area contributed by atoms with Crippen molar-refractivity contribution >= 4 is 11.6 Å². The van der Waals surface area contributed by atoms with Gasteiger partial charge in [-0.25, -0.2) is 9.97 Å². The first-order valence-corrected chi connectivity index (χ1v) is 11.0. The molecule has 0 spiro atoms. The van der Waals surface area contributed by atoms with Gasteiger partial charge in [0.25, 0.3) is 0 Å². The van der Waals surface area contributed by atoms with Crippen LogP contribution in [0.4, 0.5) is 11.6 Å². The average molecular weight is 400 g/mol. The monoisotopic (exact) mass is 399 g/mol. The standard InChI is InChI=1S/C25H29N5/c1-2-22-18-30-14-13-29(22)17-20-6-3-7-21(15-20)24-10-12-27-25(28-24)26-11-9-19-5-4-8-23(30)16-19/h3-8,10,12,15-16,22H,2,9,11,13-14,17-18H2,1H3,(H,26,27,28). The first kappa shape index (κ1) is 19.1. The van der Waals surface area contributed by atoms with Gasteiger partial charge in [-0.2, -0.15) is 0 Å². The summed E-state index contributed by atoms with van der Waals surface area (Å²) < 4.78 is 0. The van der Waals surface area contributed by atoms with Crippen molar-refractivity contribution in [2.75, 3.05) is 36.4 Å². The summed E-state index contributed by atoms with van der Waals surface area (Å²) in [5, 5.41) is 3.40. The number of hydrogen-bond donors (Lipinski definition) is 1. The lowest BCUT2D eigenvalue weighted by atomic mass is 10.0. The summed E-state index contributed by atoms with van der Waals surface area (Å²) in [6.07, 6.45) is 3.96. The number of fused-ring (bicyclic) bond motifs is 4. The van der Waals surface area contributed by atoms with Crippen LogP contribution in [0.15, 0.2) is 60.8 Å². The van der Waals surface area contributed by atoms with Crippen LogP contribution in [0.2, 0.25) is 0 Å². The largest absolute Gasteiger partial charge is 0.369 e. The Morgan fingerprint density at radius 1 is 1.03 bits per heavy atom. The van der Waals surface area contributed by atoms with Crippen LogP contribution < -0.4 is 10.2 Å². The average Bonchev–Trinajstić information content (AvgIpc) is 2.79. The zero-order chi connectivity index (χ0) is 20.3. The van der Waals surface area contributed by atoms with E-state index in [0.717, 1.165) is 56.8 Å². The van der Waals surface area contributed by atoms with Crippen LogP contribution in [0.1, 0.15) is 24.5 Å². The van der Waals surface area contributed by atoms with Gasteiger partial charge >= 0.3 is 0 Å². The van der Waals surface area contributed by atoms with E-state index in [2.05, 4.69) is 75.6 Å². The van der Waals surface area contributed by atoms with Crippen molar-refractivity contribution in [3.8, 4) is 11.3 Å². The molecule has 2 aromatic carbocycles. The number of nitrogens with one attached hydrogen (secondary N) is 1. The van der Waals surface area contributed by atoms with Gasteiger partial charge < -0.3 is 10.2 Å². The third kappa shape index (κ3) is 4.03. The maximum absolute atomic E-state index is 4.76. The molecular formula is C25H29N5. The minimum absolute atomic E-state index is 0.564. The van der Waals surface area contributed by atoms with Crippen molar-refractivity contribution in [1.29, 1.82) is 0 Å². The molecule has 154 valence electrons. The smallest absolute Gasteiger partial charge is 0.223 e. The molecule has 0 amide bonds. The molecule has 3 aliphatic heterocycles. The predicted molar refractivity (Wildman–Crippen MR) is 123 cm³/mol. The van der Waals surface area contributed by atoms with Gasteiger partial charge in [-0.3, -0.25) is 4.90 Å².